The van der Waals surface area contributed by atoms with Crippen LogP contribution in [-0.2, 0) is 9.53 Å². The summed E-state index contributed by atoms with van der Waals surface area (Å²) in [7, 11) is 5.48. The maximum Gasteiger partial charge on any atom is 0.239 e. The third-order valence-electron chi connectivity index (χ3n) is 5.05. The number of likely N-dealkylation sites (N-methyl/N-ethyl adjacent to an activating group) is 1. The van der Waals surface area contributed by atoms with Gasteiger partial charge in [0.05, 0.1) is 19.3 Å². The fourth-order valence-corrected chi connectivity index (χ4v) is 3.54. The van der Waals surface area contributed by atoms with Gasteiger partial charge in [-0.05, 0) is 25.8 Å². The first-order valence-corrected chi connectivity index (χ1v) is 9.81. The molecule has 0 aromatic rings. The van der Waals surface area contributed by atoms with Gasteiger partial charge < -0.3 is 20.3 Å². The van der Waals surface area contributed by atoms with E-state index in [9.17, 15) is 4.79 Å². The van der Waals surface area contributed by atoms with Crippen LogP contribution in [0.25, 0.3) is 0 Å². The third kappa shape index (κ3) is 8.49. The number of hydrogen-bond donors (Lipinski definition) is 2. The van der Waals surface area contributed by atoms with Gasteiger partial charge in [-0.25, -0.2) is 0 Å². The van der Waals surface area contributed by atoms with E-state index in [2.05, 4.69) is 25.4 Å². The highest BCUT2D eigenvalue weighted by molar-refractivity contribution is 14.0. The van der Waals surface area contributed by atoms with Crippen LogP contribution in [0.15, 0.2) is 4.99 Å². The average Bonchev–Trinajstić information content (AvgIpc) is 3.12. The number of aliphatic imine (C=N–C) groups is 1. The molecule has 1 amide bonds. The number of carbonyl (C=O) groups is 1. The zero-order valence-corrected chi connectivity index (χ0v) is 19.4. The number of amides is 1. The molecule has 0 radical (unpaired) electrons. The van der Waals surface area contributed by atoms with Gasteiger partial charge in [-0.15, -0.1) is 24.0 Å². The van der Waals surface area contributed by atoms with Crippen LogP contribution in [0.5, 0.6) is 0 Å². The van der Waals surface area contributed by atoms with Crippen LogP contribution in [0.2, 0.25) is 0 Å². The van der Waals surface area contributed by atoms with Crippen LogP contribution in [0.4, 0.5) is 0 Å². The zero-order valence-electron chi connectivity index (χ0n) is 17.1. The van der Waals surface area contributed by atoms with Crippen LogP contribution in [0.3, 0.4) is 0 Å². The lowest BCUT2D eigenvalue weighted by Crippen LogP contribution is -2.45. The second-order valence-corrected chi connectivity index (χ2v) is 7.16. The van der Waals surface area contributed by atoms with Gasteiger partial charge in [-0.3, -0.25) is 19.6 Å². The fourth-order valence-electron chi connectivity index (χ4n) is 3.54. The van der Waals surface area contributed by atoms with E-state index in [-0.39, 0.29) is 35.9 Å². The van der Waals surface area contributed by atoms with Crippen LogP contribution < -0.4 is 10.6 Å². The summed E-state index contributed by atoms with van der Waals surface area (Å²) < 4.78 is 5.37. The number of ether oxygens (including phenoxy) is 1. The van der Waals surface area contributed by atoms with E-state index in [0.29, 0.717) is 0 Å². The van der Waals surface area contributed by atoms with E-state index in [0.717, 1.165) is 84.2 Å². The Morgan fingerprint density at radius 1 is 1.15 bits per heavy atom. The summed E-state index contributed by atoms with van der Waals surface area (Å²) in [5.74, 6) is 1.08. The van der Waals surface area contributed by atoms with Gasteiger partial charge in [0.15, 0.2) is 5.96 Å². The molecule has 0 saturated carbocycles. The van der Waals surface area contributed by atoms with E-state index < -0.39 is 0 Å². The van der Waals surface area contributed by atoms with Crippen LogP contribution in [0.1, 0.15) is 19.3 Å². The largest absolute Gasteiger partial charge is 0.379 e. The minimum absolute atomic E-state index is 0. The molecule has 1 unspecified atom stereocenters. The molecular weight excluding hydrogens is 459 g/mol. The SMILES string of the molecule is CN=C(NCCCN1CCCC1C(=O)N(C)C)NCCN1CCOCC1.I. The van der Waals surface area contributed by atoms with Gasteiger partial charge in [0.1, 0.15) is 0 Å². The van der Waals surface area contributed by atoms with Crippen molar-refractivity contribution in [3.05, 3.63) is 0 Å². The molecule has 2 N–H and O–H groups in total. The first-order valence-electron chi connectivity index (χ1n) is 9.81. The number of guanidine groups is 1. The Kier molecular flexibility index (Phi) is 12.2. The predicted octanol–water partition coefficient (Wildman–Crippen LogP) is 0.0443. The van der Waals surface area contributed by atoms with Crippen molar-refractivity contribution in [3.8, 4) is 0 Å². The molecule has 1 atom stereocenters. The molecule has 8 nitrogen and oxygen atoms in total. The molecule has 27 heavy (non-hydrogen) atoms. The smallest absolute Gasteiger partial charge is 0.239 e. The first-order chi connectivity index (χ1) is 12.6. The average molecular weight is 496 g/mol. The molecule has 2 aliphatic heterocycles. The lowest BCUT2D eigenvalue weighted by Gasteiger charge is -2.27. The Balaban J connectivity index is 0.00000364. The van der Waals surface area contributed by atoms with Gasteiger partial charge in [0, 0.05) is 60.4 Å². The number of halogens is 1. The number of nitrogens with one attached hydrogen (secondary N) is 2. The van der Waals surface area contributed by atoms with Crippen LogP contribution in [-0.4, -0.2) is 113 Å². The van der Waals surface area contributed by atoms with Crippen molar-refractivity contribution in [2.75, 3.05) is 80.2 Å². The second-order valence-electron chi connectivity index (χ2n) is 7.16. The summed E-state index contributed by atoms with van der Waals surface area (Å²) >= 11 is 0. The van der Waals surface area contributed by atoms with Gasteiger partial charge in [0.2, 0.25) is 5.91 Å². The lowest BCUT2D eigenvalue weighted by atomic mass is 10.2. The van der Waals surface area contributed by atoms with Crippen molar-refractivity contribution in [2.45, 2.75) is 25.3 Å². The molecule has 9 heteroatoms. The number of morpholine rings is 1. The molecule has 2 fully saturated rings. The highest BCUT2D eigenvalue weighted by Crippen LogP contribution is 2.18. The highest BCUT2D eigenvalue weighted by Gasteiger charge is 2.30. The first kappa shape index (κ1) is 24.4. The molecule has 2 aliphatic rings. The molecule has 0 aromatic heterocycles. The molecule has 2 heterocycles. The van der Waals surface area contributed by atoms with Gasteiger partial charge >= 0.3 is 0 Å². The van der Waals surface area contributed by atoms with Crippen molar-refractivity contribution < 1.29 is 9.53 Å². The maximum atomic E-state index is 12.2. The van der Waals surface area contributed by atoms with Crippen LogP contribution >= 0.6 is 24.0 Å². The van der Waals surface area contributed by atoms with Gasteiger partial charge in [-0.2, -0.15) is 0 Å². The second kappa shape index (κ2) is 13.5. The molecule has 0 bridgehead atoms. The highest BCUT2D eigenvalue weighted by atomic mass is 127. The van der Waals surface area contributed by atoms with E-state index in [1.165, 1.54) is 0 Å². The minimum Gasteiger partial charge on any atom is -0.379 e. The van der Waals surface area contributed by atoms with Crippen molar-refractivity contribution >= 4 is 35.8 Å². The molecule has 0 spiro atoms. The monoisotopic (exact) mass is 496 g/mol. The van der Waals surface area contributed by atoms with Crippen molar-refractivity contribution in [2.24, 2.45) is 4.99 Å². The van der Waals surface area contributed by atoms with E-state index in [1.807, 2.05) is 14.1 Å². The molecule has 2 saturated heterocycles. The van der Waals surface area contributed by atoms with Crippen molar-refractivity contribution in [1.29, 1.82) is 0 Å². The summed E-state index contributed by atoms with van der Waals surface area (Å²) in [6, 6.07) is 0.0657. The Morgan fingerprint density at radius 2 is 1.85 bits per heavy atom. The Bertz CT molecular complexity index is 457. The maximum absolute atomic E-state index is 12.2. The molecule has 2 rings (SSSR count). The van der Waals surface area contributed by atoms with E-state index in [4.69, 9.17) is 4.74 Å². The topological polar surface area (TPSA) is 72.4 Å². The standard InChI is InChI=1S/C18H36N6O2.HI/c1-19-18(21-8-11-23-12-14-26-15-13-23)20-7-5-10-24-9-4-6-16(24)17(25)22(2)3;/h16H,4-15H2,1-3H3,(H2,19,20,21);1H. The van der Waals surface area contributed by atoms with Crippen molar-refractivity contribution in [1.82, 2.24) is 25.3 Å². The Labute approximate surface area is 181 Å². The molecular formula is C18H37IN6O2. The summed E-state index contributed by atoms with van der Waals surface area (Å²) in [6.45, 7) is 8.40. The predicted molar refractivity (Wildman–Crippen MR) is 120 cm³/mol. The van der Waals surface area contributed by atoms with E-state index in [1.54, 1.807) is 11.9 Å². The zero-order chi connectivity index (χ0) is 18.8. The van der Waals surface area contributed by atoms with Gasteiger partial charge in [0.25, 0.3) is 0 Å². The molecule has 158 valence electrons. The summed E-state index contributed by atoms with van der Waals surface area (Å²) in [4.78, 5) is 22.9. The summed E-state index contributed by atoms with van der Waals surface area (Å²) in [5, 5.41) is 6.74. The molecule has 0 aliphatic carbocycles. The Hall–Kier alpha value is -0.650. The number of likely N-dealkylation sites (tertiary alicyclic amines) is 1. The van der Waals surface area contributed by atoms with E-state index >= 15 is 0 Å². The summed E-state index contributed by atoms with van der Waals surface area (Å²) in [5.41, 5.74) is 0. The fraction of sp³-hybridized carbons (Fsp3) is 0.889. The third-order valence-corrected chi connectivity index (χ3v) is 5.05. The lowest BCUT2D eigenvalue weighted by molar-refractivity contribution is -0.133. The Morgan fingerprint density at radius 3 is 2.52 bits per heavy atom. The number of rotatable bonds is 8. The minimum atomic E-state index is 0. The number of nitrogens with zero attached hydrogens (tertiary/aromatic N) is 4. The van der Waals surface area contributed by atoms with Gasteiger partial charge in [-0.1, -0.05) is 0 Å². The quantitative estimate of drug-likeness (QED) is 0.214. The summed E-state index contributed by atoms with van der Waals surface area (Å²) in [6.07, 6.45) is 3.10. The van der Waals surface area contributed by atoms with Crippen molar-refractivity contribution in [3.63, 3.8) is 0 Å². The normalized spacial score (nSPS) is 21.6. The molecule has 0 aromatic carbocycles. The number of carbonyl (C=O) groups excluding carboxylic acids is 1. The van der Waals surface area contributed by atoms with Crippen LogP contribution in [0, 0.1) is 0 Å². The number of hydrogen-bond acceptors (Lipinski definition) is 5.